The number of rotatable bonds is 7. The molecule has 0 spiro atoms. The van der Waals surface area contributed by atoms with Crippen LogP contribution >= 0.6 is 0 Å². The maximum Gasteiger partial charge on any atom is 0.319 e. The number of nitrogens with zero attached hydrogens (tertiary/aromatic N) is 1. The van der Waals surface area contributed by atoms with Crippen molar-refractivity contribution in [3.05, 3.63) is 83.9 Å². The predicted molar refractivity (Wildman–Crippen MR) is 112 cm³/mol. The molecule has 0 fully saturated rings. The first-order valence-electron chi connectivity index (χ1n) is 8.92. The summed E-state index contributed by atoms with van der Waals surface area (Å²) >= 11 is 0. The number of nitrogens with one attached hydrogen (secondary N) is 3. The van der Waals surface area contributed by atoms with Gasteiger partial charge in [0.15, 0.2) is 0 Å². The van der Waals surface area contributed by atoms with Gasteiger partial charge in [0.25, 0.3) is 10.0 Å². The van der Waals surface area contributed by atoms with Crippen molar-refractivity contribution in [3.63, 3.8) is 0 Å². The van der Waals surface area contributed by atoms with Gasteiger partial charge < -0.3 is 16.4 Å². The highest BCUT2D eigenvalue weighted by Crippen LogP contribution is 2.21. The maximum absolute atomic E-state index is 14.0. The number of carbonyl (C=O) groups excluding carboxylic acids is 1. The minimum atomic E-state index is -4.00. The van der Waals surface area contributed by atoms with E-state index in [1.165, 1.54) is 42.5 Å². The molecule has 1 aromatic heterocycles. The topological polar surface area (TPSA) is 126 Å². The molecule has 0 aliphatic rings. The highest BCUT2D eigenvalue weighted by atomic mass is 32.2. The SMILES string of the molecule is NCc1ccc(NS(=O)(=O)c2ccc(NC(=O)NCc3cccnc3)cc2)c(F)c1. The molecule has 3 rings (SSSR count). The van der Waals surface area contributed by atoms with Crippen LogP contribution in [0.2, 0.25) is 0 Å². The van der Waals surface area contributed by atoms with E-state index in [9.17, 15) is 17.6 Å². The molecule has 0 saturated carbocycles. The van der Waals surface area contributed by atoms with Crippen molar-refractivity contribution in [3.8, 4) is 0 Å². The first-order chi connectivity index (χ1) is 14.4. The number of hydrogen-bond acceptors (Lipinski definition) is 5. The predicted octanol–water partition coefficient (Wildman–Crippen LogP) is 2.80. The summed E-state index contributed by atoms with van der Waals surface area (Å²) in [4.78, 5) is 15.9. The van der Waals surface area contributed by atoms with Crippen LogP contribution in [0.15, 0.2) is 71.9 Å². The Morgan fingerprint density at radius 2 is 1.83 bits per heavy atom. The molecule has 2 aromatic carbocycles. The van der Waals surface area contributed by atoms with E-state index in [4.69, 9.17) is 5.73 Å². The van der Waals surface area contributed by atoms with Crippen LogP contribution in [0.25, 0.3) is 0 Å². The van der Waals surface area contributed by atoms with Gasteiger partial charge in [0, 0.05) is 31.2 Å². The van der Waals surface area contributed by atoms with Gasteiger partial charge >= 0.3 is 6.03 Å². The number of amides is 2. The van der Waals surface area contributed by atoms with E-state index in [2.05, 4.69) is 20.3 Å². The molecule has 2 amide bonds. The molecule has 0 aliphatic heterocycles. The Labute approximate surface area is 173 Å². The van der Waals surface area contributed by atoms with Crippen LogP contribution in [0.1, 0.15) is 11.1 Å². The fourth-order valence-corrected chi connectivity index (χ4v) is 3.62. The van der Waals surface area contributed by atoms with Gasteiger partial charge in [-0.3, -0.25) is 9.71 Å². The third-order valence-electron chi connectivity index (χ3n) is 4.11. The molecule has 0 radical (unpaired) electrons. The van der Waals surface area contributed by atoms with Gasteiger partial charge in [-0.2, -0.15) is 0 Å². The van der Waals surface area contributed by atoms with Gasteiger partial charge in [0.2, 0.25) is 0 Å². The normalized spacial score (nSPS) is 11.0. The fraction of sp³-hybridized carbons (Fsp3) is 0.100. The first kappa shape index (κ1) is 21.2. The van der Waals surface area contributed by atoms with Crippen LogP contribution in [-0.2, 0) is 23.1 Å². The molecule has 30 heavy (non-hydrogen) atoms. The molecule has 10 heteroatoms. The van der Waals surface area contributed by atoms with Crippen LogP contribution in [0.3, 0.4) is 0 Å². The number of anilines is 2. The quantitative estimate of drug-likeness (QED) is 0.459. The largest absolute Gasteiger partial charge is 0.334 e. The van der Waals surface area contributed by atoms with Crippen LogP contribution in [0.5, 0.6) is 0 Å². The van der Waals surface area contributed by atoms with Crippen molar-refractivity contribution in [1.82, 2.24) is 10.3 Å². The number of hydrogen-bond donors (Lipinski definition) is 4. The molecule has 0 saturated heterocycles. The summed E-state index contributed by atoms with van der Waals surface area (Å²) < 4.78 is 41.2. The Morgan fingerprint density at radius 1 is 1.07 bits per heavy atom. The van der Waals surface area contributed by atoms with Crippen LogP contribution in [0.4, 0.5) is 20.6 Å². The molecule has 1 heterocycles. The van der Waals surface area contributed by atoms with Crippen molar-refractivity contribution >= 4 is 27.4 Å². The molecule has 0 unspecified atom stereocenters. The first-order valence-corrected chi connectivity index (χ1v) is 10.4. The van der Waals surface area contributed by atoms with Gasteiger partial charge in [0.1, 0.15) is 5.82 Å². The highest BCUT2D eigenvalue weighted by Gasteiger charge is 2.16. The summed E-state index contributed by atoms with van der Waals surface area (Å²) in [6.45, 7) is 0.443. The van der Waals surface area contributed by atoms with E-state index in [1.807, 2.05) is 6.07 Å². The summed E-state index contributed by atoms with van der Waals surface area (Å²) in [6.07, 6.45) is 3.27. The molecule has 156 valence electrons. The van der Waals surface area contributed by atoms with Crippen molar-refractivity contribution in [2.24, 2.45) is 5.73 Å². The summed E-state index contributed by atoms with van der Waals surface area (Å²) in [6, 6.07) is 12.7. The van der Waals surface area contributed by atoms with Gasteiger partial charge in [-0.05, 0) is 53.6 Å². The molecule has 8 nitrogen and oxygen atoms in total. The lowest BCUT2D eigenvalue weighted by molar-refractivity contribution is 0.251. The zero-order chi connectivity index (χ0) is 21.6. The monoisotopic (exact) mass is 429 g/mol. The maximum atomic E-state index is 14.0. The molecular formula is C20H20FN5O3S. The number of pyridine rings is 1. The Morgan fingerprint density at radius 3 is 2.47 bits per heavy atom. The summed E-state index contributed by atoms with van der Waals surface area (Å²) in [5.41, 5.74) is 7.05. The van der Waals surface area contributed by atoms with Gasteiger partial charge in [-0.15, -0.1) is 0 Å². The Balaban J connectivity index is 1.62. The fourth-order valence-electron chi connectivity index (χ4n) is 2.55. The average Bonchev–Trinajstić information content (AvgIpc) is 2.75. The molecule has 3 aromatic rings. The van der Waals surface area contributed by atoms with E-state index < -0.39 is 21.9 Å². The standard InChI is InChI=1S/C20H20FN5O3S/c21-18-10-14(11-22)3-8-19(18)26-30(28,29)17-6-4-16(5-7-17)25-20(27)24-13-15-2-1-9-23-12-15/h1-10,12,26H,11,13,22H2,(H2,24,25,27). The number of nitrogens with two attached hydrogens (primary N) is 1. The minimum Gasteiger partial charge on any atom is -0.334 e. The molecule has 5 N–H and O–H groups in total. The highest BCUT2D eigenvalue weighted by molar-refractivity contribution is 7.92. The molecular weight excluding hydrogens is 409 g/mol. The zero-order valence-electron chi connectivity index (χ0n) is 15.8. The van der Waals surface area contributed by atoms with Gasteiger partial charge in [0.05, 0.1) is 10.6 Å². The number of halogens is 1. The number of sulfonamides is 1. The lowest BCUT2D eigenvalue weighted by Crippen LogP contribution is -2.28. The van der Waals surface area contributed by atoms with Crippen molar-refractivity contribution in [2.75, 3.05) is 10.0 Å². The number of carbonyl (C=O) groups is 1. The van der Waals surface area contributed by atoms with Crippen molar-refractivity contribution in [2.45, 2.75) is 18.0 Å². The summed E-state index contributed by atoms with van der Waals surface area (Å²) in [7, 11) is -4.00. The summed E-state index contributed by atoms with van der Waals surface area (Å²) in [5.74, 6) is -0.718. The van der Waals surface area contributed by atoms with Crippen molar-refractivity contribution in [1.29, 1.82) is 0 Å². The van der Waals surface area contributed by atoms with E-state index in [0.717, 1.165) is 5.56 Å². The zero-order valence-corrected chi connectivity index (χ0v) is 16.6. The van der Waals surface area contributed by atoms with E-state index in [-0.39, 0.29) is 17.1 Å². The summed E-state index contributed by atoms with van der Waals surface area (Å²) in [5, 5.41) is 5.27. The van der Waals surface area contributed by atoms with Gasteiger partial charge in [-0.25, -0.2) is 17.6 Å². The molecule has 0 atom stereocenters. The second-order valence-electron chi connectivity index (χ2n) is 6.32. The Hall–Kier alpha value is -3.50. The van der Waals surface area contributed by atoms with Crippen LogP contribution in [0, 0.1) is 5.82 Å². The van der Waals surface area contributed by atoms with E-state index in [1.54, 1.807) is 18.5 Å². The minimum absolute atomic E-state index is 0.0777. The van der Waals surface area contributed by atoms with Crippen LogP contribution < -0.4 is 21.1 Å². The second kappa shape index (κ2) is 9.33. The Bertz CT molecular complexity index is 1120. The number of benzene rings is 2. The van der Waals surface area contributed by atoms with Crippen molar-refractivity contribution < 1.29 is 17.6 Å². The third-order valence-corrected chi connectivity index (χ3v) is 5.49. The van der Waals surface area contributed by atoms with Gasteiger partial charge in [-0.1, -0.05) is 12.1 Å². The number of urea groups is 1. The molecule has 0 aliphatic carbocycles. The average molecular weight is 429 g/mol. The van der Waals surface area contributed by atoms with E-state index in [0.29, 0.717) is 17.8 Å². The number of aromatic nitrogens is 1. The van der Waals surface area contributed by atoms with E-state index >= 15 is 0 Å². The molecule has 0 bridgehead atoms. The third kappa shape index (κ3) is 5.52. The Kier molecular flexibility index (Phi) is 6.60. The van der Waals surface area contributed by atoms with Crippen LogP contribution in [-0.4, -0.2) is 19.4 Å². The lowest BCUT2D eigenvalue weighted by Gasteiger charge is -2.11. The second-order valence-corrected chi connectivity index (χ2v) is 8.00. The smallest absolute Gasteiger partial charge is 0.319 e. The lowest BCUT2D eigenvalue weighted by atomic mass is 10.2.